The second-order valence-corrected chi connectivity index (χ2v) is 6.03. The topological polar surface area (TPSA) is 46.6 Å². The van der Waals surface area contributed by atoms with Crippen LogP contribution in [0.5, 0.6) is 0 Å². The fourth-order valence-electron chi connectivity index (χ4n) is 3.28. The van der Waals surface area contributed by atoms with Crippen molar-refractivity contribution in [3.63, 3.8) is 0 Å². The lowest BCUT2D eigenvalue weighted by Gasteiger charge is -2.17. The first-order chi connectivity index (χ1) is 12.2. The predicted octanol–water partition coefficient (Wildman–Crippen LogP) is 3.59. The van der Waals surface area contributed by atoms with Gasteiger partial charge in [-0.25, -0.2) is 4.79 Å². The molecule has 124 valence electrons. The summed E-state index contributed by atoms with van der Waals surface area (Å²) in [5, 5.41) is 1.80. The number of ether oxygens (including phenoxy) is 1. The van der Waals surface area contributed by atoms with Crippen molar-refractivity contribution in [2.75, 3.05) is 18.1 Å². The Balaban J connectivity index is 1.48. The summed E-state index contributed by atoms with van der Waals surface area (Å²) in [6.45, 7) is 0.375. The summed E-state index contributed by atoms with van der Waals surface area (Å²) >= 11 is 0. The van der Waals surface area contributed by atoms with E-state index in [1.807, 2.05) is 60.7 Å². The molecular weight excluding hydrogens is 314 g/mol. The lowest BCUT2D eigenvalue weighted by Crippen LogP contribution is -2.33. The predicted molar refractivity (Wildman–Crippen MR) is 96.7 cm³/mol. The number of nitrogens with zero attached hydrogens (tertiary/aromatic N) is 1. The van der Waals surface area contributed by atoms with Gasteiger partial charge in [-0.15, -0.1) is 0 Å². The molecule has 4 nitrogen and oxygen atoms in total. The van der Waals surface area contributed by atoms with Gasteiger partial charge in [-0.1, -0.05) is 54.6 Å². The van der Waals surface area contributed by atoms with E-state index >= 15 is 0 Å². The molecular formula is C21H17NO3. The summed E-state index contributed by atoms with van der Waals surface area (Å²) in [7, 11) is 0. The quantitative estimate of drug-likeness (QED) is 0.689. The third-order valence-electron chi connectivity index (χ3n) is 4.52. The van der Waals surface area contributed by atoms with Crippen LogP contribution in [0.15, 0.2) is 66.7 Å². The molecule has 4 rings (SSSR count). The number of para-hydroxylation sites is 1. The van der Waals surface area contributed by atoms with Gasteiger partial charge in [0.25, 0.3) is 5.91 Å². The smallest absolute Gasteiger partial charge is 0.339 e. The van der Waals surface area contributed by atoms with E-state index < -0.39 is 5.97 Å². The van der Waals surface area contributed by atoms with E-state index in [1.165, 1.54) is 0 Å². The molecule has 0 N–H and O–H groups in total. The molecule has 0 spiro atoms. The van der Waals surface area contributed by atoms with E-state index in [1.54, 1.807) is 11.0 Å². The highest BCUT2D eigenvalue weighted by atomic mass is 16.5. The number of benzene rings is 3. The molecule has 1 heterocycles. The van der Waals surface area contributed by atoms with E-state index in [9.17, 15) is 9.59 Å². The van der Waals surface area contributed by atoms with E-state index in [2.05, 4.69) is 0 Å². The minimum absolute atomic E-state index is 0.196. The molecule has 0 aromatic heterocycles. The van der Waals surface area contributed by atoms with Crippen LogP contribution in [0.4, 0.5) is 5.69 Å². The Kier molecular flexibility index (Phi) is 3.94. The van der Waals surface area contributed by atoms with Crippen molar-refractivity contribution >= 4 is 28.3 Å². The zero-order chi connectivity index (χ0) is 17.2. The van der Waals surface area contributed by atoms with Crippen molar-refractivity contribution in [3.05, 3.63) is 77.9 Å². The van der Waals surface area contributed by atoms with Gasteiger partial charge in [-0.05, 0) is 34.9 Å². The van der Waals surface area contributed by atoms with Crippen LogP contribution in [-0.2, 0) is 16.0 Å². The zero-order valence-electron chi connectivity index (χ0n) is 13.6. The monoisotopic (exact) mass is 331 g/mol. The second kappa shape index (κ2) is 6.40. The largest absolute Gasteiger partial charge is 0.452 e. The van der Waals surface area contributed by atoms with Crippen LogP contribution in [0.3, 0.4) is 0 Å². The molecule has 4 heteroatoms. The van der Waals surface area contributed by atoms with Crippen molar-refractivity contribution in [3.8, 4) is 0 Å². The van der Waals surface area contributed by atoms with Crippen LogP contribution < -0.4 is 4.90 Å². The van der Waals surface area contributed by atoms with Gasteiger partial charge in [0.05, 0.1) is 5.56 Å². The normalized spacial score (nSPS) is 12.9. The van der Waals surface area contributed by atoms with Crippen LogP contribution in [-0.4, -0.2) is 25.0 Å². The SMILES string of the molecule is O=C(OCC(=O)N1CCc2ccccc21)c1cccc2ccccc12. The summed E-state index contributed by atoms with van der Waals surface area (Å²) in [5.74, 6) is -0.670. The second-order valence-electron chi connectivity index (χ2n) is 6.03. The molecule has 1 aliphatic heterocycles. The number of hydrogen-bond donors (Lipinski definition) is 0. The molecule has 0 bridgehead atoms. The summed E-state index contributed by atoms with van der Waals surface area (Å²) in [6, 6.07) is 20.9. The summed E-state index contributed by atoms with van der Waals surface area (Å²) in [4.78, 5) is 26.6. The fourth-order valence-corrected chi connectivity index (χ4v) is 3.28. The standard InChI is InChI=1S/C21H17NO3/c23-20(22-13-12-16-7-2-4-11-19(16)22)14-25-21(24)18-10-5-8-15-6-1-3-9-17(15)18/h1-11H,12-14H2. The number of amides is 1. The molecule has 25 heavy (non-hydrogen) atoms. The highest BCUT2D eigenvalue weighted by molar-refractivity contribution is 6.05. The first-order valence-corrected chi connectivity index (χ1v) is 8.27. The van der Waals surface area contributed by atoms with Crippen molar-refractivity contribution in [2.24, 2.45) is 0 Å². The number of anilines is 1. The average molecular weight is 331 g/mol. The van der Waals surface area contributed by atoms with Crippen LogP contribution in [0.1, 0.15) is 15.9 Å². The van der Waals surface area contributed by atoms with Crippen molar-refractivity contribution < 1.29 is 14.3 Å². The Morgan fingerprint density at radius 2 is 1.68 bits per heavy atom. The highest BCUT2D eigenvalue weighted by Gasteiger charge is 2.25. The van der Waals surface area contributed by atoms with Gasteiger partial charge < -0.3 is 9.64 Å². The number of hydrogen-bond acceptors (Lipinski definition) is 3. The van der Waals surface area contributed by atoms with Gasteiger partial charge in [0.2, 0.25) is 0 Å². The highest BCUT2D eigenvalue weighted by Crippen LogP contribution is 2.27. The maximum Gasteiger partial charge on any atom is 0.339 e. The minimum Gasteiger partial charge on any atom is -0.452 e. The molecule has 0 radical (unpaired) electrons. The lowest BCUT2D eigenvalue weighted by molar-refractivity contribution is -0.121. The molecule has 0 aliphatic carbocycles. The van der Waals surface area contributed by atoms with Crippen molar-refractivity contribution in [2.45, 2.75) is 6.42 Å². The van der Waals surface area contributed by atoms with Gasteiger partial charge >= 0.3 is 5.97 Å². The lowest BCUT2D eigenvalue weighted by atomic mass is 10.1. The summed E-state index contributed by atoms with van der Waals surface area (Å²) < 4.78 is 5.30. The number of rotatable bonds is 3. The Morgan fingerprint density at radius 1 is 0.920 bits per heavy atom. The summed E-state index contributed by atoms with van der Waals surface area (Å²) in [5.41, 5.74) is 2.54. The minimum atomic E-state index is -0.474. The Hall–Kier alpha value is -3.14. The number of carbonyl (C=O) groups excluding carboxylic acids is 2. The van der Waals surface area contributed by atoms with Gasteiger partial charge in [-0.3, -0.25) is 4.79 Å². The average Bonchev–Trinajstić information content (AvgIpc) is 3.09. The first-order valence-electron chi connectivity index (χ1n) is 8.27. The molecule has 0 unspecified atom stereocenters. The molecule has 1 amide bonds. The van der Waals surface area contributed by atoms with E-state index in [0.29, 0.717) is 12.1 Å². The number of carbonyl (C=O) groups is 2. The van der Waals surface area contributed by atoms with Crippen LogP contribution >= 0.6 is 0 Å². The Bertz CT molecular complexity index is 959. The Labute approximate surface area is 145 Å². The van der Waals surface area contributed by atoms with Gasteiger partial charge in [0.15, 0.2) is 6.61 Å². The van der Waals surface area contributed by atoms with Crippen LogP contribution in [0.25, 0.3) is 10.8 Å². The molecule has 3 aromatic carbocycles. The van der Waals surface area contributed by atoms with E-state index in [0.717, 1.165) is 28.4 Å². The maximum atomic E-state index is 12.5. The maximum absolute atomic E-state index is 12.5. The van der Waals surface area contributed by atoms with Gasteiger partial charge in [-0.2, -0.15) is 0 Å². The number of fused-ring (bicyclic) bond motifs is 2. The first kappa shape index (κ1) is 15.4. The molecule has 0 saturated heterocycles. The number of esters is 1. The molecule has 0 atom stereocenters. The van der Waals surface area contributed by atoms with Gasteiger partial charge in [0.1, 0.15) is 0 Å². The molecule has 1 aliphatic rings. The summed E-state index contributed by atoms with van der Waals surface area (Å²) in [6.07, 6.45) is 0.833. The van der Waals surface area contributed by atoms with Crippen molar-refractivity contribution in [1.82, 2.24) is 0 Å². The van der Waals surface area contributed by atoms with Crippen molar-refractivity contribution in [1.29, 1.82) is 0 Å². The van der Waals surface area contributed by atoms with E-state index in [4.69, 9.17) is 4.74 Å². The third-order valence-corrected chi connectivity index (χ3v) is 4.52. The van der Waals surface area contributed by atoms with Crippen LogP contribution in [0.2, 0.25) is 0 Å². The Morgan fingerprint density at radius 3 is 2.60 bits per heavy atom. The third kappa shape index (κ3) is 2.87. The molecule has 3 aromatic rings. The zero-order valence-corrected chi connectivity index (χ0v) is 13.6. The van der Waals surface area contributed by atoms with Crippen LogP contribution in [0, 0.1) is 0 Å². The molecule has 0 saturated carbocycles. The van der Waals surface area contributed by atoms with E-state index in [-0.39, 0.29) is 12.5 Å². The molecule has 0 fully saturated rings. The fraction of sp³-hybridized carbons (Fsp3) is 0.143. The van der Waals surface area contributed by atoms with Gasteiger partial charge in [0, 0.05) is 12.2 Å².